The molecule has 2 N–H and O–H groups in total. The lowest BCUT2D eigenvalue weighted by atomic mass is 10.1. The van der Waals surface area contributed by atoms with Crippen LogP contribution in [0.5, 0.6) is 11.5 Å². The second-order valence-electron chi connectivity index (χ2n) is 6.00. The van der Waals surface area contributed by atoms with E-state index in [0.29, 0.717) is 40.7 Å². The molecule has 2 heterocycles. The van der Waals surface area contributed by atoms with Crippen molar-refractivity contribution in [1.29, 1.82) is 0 Å². The second-order valence-corrected chi connectivity index (χ2v) is 6.00. The Balaban J connectivity index is 1.46. The summed E-state index contributed by atoms with van der Waals surface area (Å²) < 4.78 is 29.5. The van der Waals surface area contributed by atoms with E-state index >= 15 is 0 Å². The molecule has 2 aromatic carbocycles. The van der Waals surface area contributed by atoms with Crippen LogP contribution in [0.2, 0.25) is 0 Å². The van der Waals surface area contributed by atoms with E-state index in [9.17, 15) is 9.18 Å². The molecule has 1 aromatic heterocycles. The van der Waals surface area contributed by atoms with Crippen LogP contribution >= 0.6 is 0 Å². The summed E-state index contributed by atoms with van der Waals surface area (Å²) >= 11 is 0. The number of aryl methyl sites for hydroxylation is 1. The maximum Gasteiger partial charge on any atom is 0.255 e. The number of hydrogen-bond acceptors (Lipinski definition) is 6. The van der Waals surface area contributed by atoms with Crippen LogP contribution < -0.4 is 20.1 Å². The van der Waals surface area contributed by atoms with Crippen LogP contribution in [0, 0.1) is 12.7 Å². The largest absolute Gasteiger partial charge is 0.454 e. The maximum atomic E-state index is 14.0. The lowest BCUT2D eigenvalue weighted by molar-refractivity contribution is 0.102. The SMILES string of the molecule is Cc1cc(CNc2cc(NC(=O)c3ccc4c(c3)OCO4)ccc2F)no1. The third-order valence-electron chi connectivity index (χ3n) is 4.00. The van der Waals surface area contributed by atoms with E-state index < -0.39 is 5.82 Å². The Hall–Kier alpha value is -3.55. The Morgan fingerprint density at radius 1 is 1.15 bits per heavy atom. The van der Waals surface area contributed by atoms with Crippen LogP contribution in [0.4, 0.5) is 15.8 Å². The number of carbonyl (C=O) groups is 1. The van der Waals surface area contributed by atoms with E-state index in [1.807, 2.05) is 0 Å². The van der Waals surface area contributed by atoms with Crippen LogP contribution in [0.25, 0.3) is 0 Å². The number of nitrogens with zero attached hydrogens (tertiary/aromatic N) is 1. The molecule has 0 spiro atoms. The number of amides is 1. The quantitative estimate of drug-likeness (QED) is 0.713. The van der Waals surface area contributed by atoms with Gasteiger partial charge in [-0.1, -0.05) is 5.16 Å². The number of halogens is 1. The second kappa shape index (κ2) is 6.99. The highest BCUT2D eigenvalue weighted by Gasteiger charge is 2.16. The van der Waals surface area contributed by atoms with Crippen molar-refractivity contribution in [2.75, 3.05) is 17.4 Å². The van der Waals surface area contributed by atoms with E-state index in [1.54, 1.807) is 31.2 Å². The molecular weight excluding hydrogens is 353 g/mol. The Bertz CT molecular complexity index is 1000. The number of aromatic nitrogens is 1. The zero-order chi connectivity index (χ0) is 18.8. The third-order valence-corrected chi connectivity index (χ3v) is 4.00. The van der Waals surface area contributed by atoms with Gasteiger partial charge in [-0.3, -0.25) is 4.79 Å². The lowest BCUT2D eigenvalue weighted by Crippen LogP contribution is -2.12. The number of hydrogen-bond donors (Lipinski definition) is 2. The summed E-state index contributed by atoms with van der Waals surface area (Å²) in [5.74, 6) is 1.03. The van der Waals surface area contributed by atoms with Gasteiger partial charge >= 0.3 is 0 Å². The Labute approximate surface area is 154 Å². The van der Waals surface area contributed by atoms with Gasteiger partial charge in [-0.05, 0) is 43.3 Å². The summed E-state index contributed by atoms with van der Waals surface area (Å²) in [6, 6.07) is 11.0. The summed E-state index contributed by atoms with van der Waals surface area (Å²) in [6.45, 7) is 2.22. The van der Waals surface area contributed by atoms with Crippen LogP contribution in [0.15, 0.2) is 47.0 Å². The van der Waals surface area contributed by atoms with Crippen molar-refractivity contribution in [2.24, 2.45) is 0 Å². The summed E-state index contributed by atoms with van der Waals surface area (Å²) in [5, 5.41) is 9.54. The first-order valence-electron chi connectivity index (χ1n) is 8.25. The Morgan fingerprint density at radius 2 is 2.00 bits per heavy atom. The molecule has 3 aromatic rings. The fourth-order valence-electron chi connectivity index (χ4n) is 2.67. The van der Waals surface area contributed by atoms with Gasteiger partial charge in [0.05, 0.1) is 12.2 Å². The van der Waals surface area contributed by atoms with Gasteiger partial charge in [-0.15, -0.1) is 0 Å². The van der Waals surface area contributed by atoms with E-state index in [4.69, 9.17) is 14.0 Å². The van der Waals surface area contributed by atoms with Crippen molar-refractivity contribution in [3.05, 3.63) is 65.3 Å². The van der Waals surface area contributed by atoms with E-state index in [0.717, 1.165) is 0 Å². The molecule has 0 saturated heterocycles. The maximum absolute atomic E-state index is 14.0. The van der Waals surface area contributed by atoms with E-state index in [1.165, 1.54) is 18.2 Å². The predicted molar refractivity (Wildman–Crippen MR) is 95.5 cm³/mol. The van der Waals surface area contributed by atoms with Crippen molar-refractivity contribution in [3.63, 3.8) is 0 Å². The van der Waals surface area contributed by atoms with Gasteiger partial charge in [0.1, 0.15) is 17.3 Å². The van der Waals surface area contributed by atoms with Crippen LogP contribution in [-0.2, 0) is 6.54 Å². The first-order chi connectivity index (χ1) is 13.1. The number of nitrogens with one attached hydrogen (secondary N) is 2. The van der Waals surface area contributed by atoms with Gasteiger partial charge in [0.2, 0.25) is 6.79 Å². The molecule has 0 bridgehead atoms. The highest BCUT2D eigenvalue weighted by atomic mass is 19.1. The van der Waals surface area contributed by atoms with Crippen LogP contribution in [0.3, 0.4) is 0 Å². The summed E-state index contributed by atoms with van der Waals surface area (Å²) in [6.07, 6.45) is 0. The molecule has 0 saturated carbocycles. The number of fused-ring (bicyclic) bond motifs is 1. The fraction of sp³-hybridized carbons (Fsp3) is 0.158. The molecule has 8 heteroatoms. The topological polar surface area (TPSA) is 85.6 Å². The molecule has 138 valence electrons. The monoisotopic (exact) mass is 369 g/mol. The number of ether oxygens (including phenoxy) is 2. The number of benzene rings is 2. The molecule has 1 aliphatic rings. The standard InChI is InChI=1S/C19H16FN3O4/c1-11-6-14(23-27-11)9-21-16-8-13(3-4-15(16)20)22-19(24)12-2-5-17-18(7-12)26-10-25-17/h2-8,21H,9-10H2,1H3,(H,22,24). The van der Waals surface area contributed by atoms with Gasteiger partial charge in [0.15, 0.2) is 11.5 Å². The highest BCUT2D eigenvalue weighted by Crippen LogP contribution is 2.32. The van der Waals surface area contributed by atoms with Gasteiger partial charge in [-0.25, -0.2) is 4.39 Å². The zero-order valence-corrected chi connectivity index (χ0v) is 14.4. The third kappa shape index (κ3) is 3.69. The molecule has 27 heavy (non-hydrogen) atoms. The molecule has 1 amide bonds. The summed E-state index contributed by atoms with van der Waals surface area (Å²) in [5.41, 5.74) is 1.77. The molecular formula is C19H16FN3O4. The summed E-state index contributed by atoms with van der Waals surface area (Å²) in [7, 11) is 0. The highest BCUT2D eigenvalue weighted by molar-refractivity contribution is 6.04. The van der Waals surface area contributed by atoms with Crippen molar-refractivity contribution >= 4 is 17.3 Å². The minimum absolute atomic E-state index is 0.137. The fourth-order valence-corrected chi connectivity index (χ4v) is 2.67. The molecule has 4 rings (SSSR count). The molecule has 0 radical (unpaired) electrons. The smallest absolute Gasteiger partial charge is 0.255 e. The normalized spacial score (nSPS) is 12.1. The van der Waals surface area contributed by atoms with E-state index in [-0.39, 0.29) is 18.4 Å². The first-order valence-corrected chi connectivity index (χ1v) is 8.25. The lowest BCUT2D eigenvalue weighted by Gasteiger charge is -2.10. The molecule has 0 fully saturated rings. The van der Waals surface area contributed by atoms with Crippen molar-refractivity contribution in [3.8, 4) is 11.5 Å². The minimum atomic E-state index is -0.434. The average Bonchev–Trinajstić information content (AvgIpc) is 3.30. The molecule has 0 unspecified atom stereocenters. The Kier molecular flexibility index (Phi) is 4.37. The first kappa shape index (κ1) is 16.9. The molecule has 1 aliphatic heterocycles. The number of anilines is 2. The van der Waals surface area contributed by atoms with Gasteiger partial charge < -0.3 is 24.6 Å². The molecule has 7 nitrogen and oxygen atoms in total. The van der Waals surface area contributed by atoms with Gasteiger partial charge in [-0.2, -0.15) is 0 Å². The average molecular weight is 369 g/mol. The number of carbonyl (C=O) groups excluding carboxylic acids is 1. The molecule has 0 atom stereocenters. The van der Waals surface area contributed by atoms with Crippen molar-refractivity contribution in [1.82, 2.24) is 5.16 Å². The minimum Gasteiger partial charge on any atom is -0.454 e. The van der Waals surface area contributed by atoms with Crippen molar-refractivity contribution < 1.29 is 23.2 Å². The predicted octanol–water partition coefficient (Wildman–Crippen LogP) is 3.72. The number of rotatable bonds is 5. The Morgan fingerprint density at radius 3 is 2.81 bits per heavy atom. The van der Waals surface area contributed by atoms with E-state index in [2.05, 4.69) is 15.8 Å². The van der Waals surface area contributed by atoms with Crippen LogP contribution in [-0.4, -0.2) is 17.9 Å². The van der Waals surface area contributed by atoms with Crippen LogP contribution in [0.1, 0.15) is 21.8 Å². The van der Waals surface area contributed by atoms with Gasteiger partial charge in [0, 0.05) is 17.3 Å². The summed E-state index contributed by atoms with van der Waals surface area (Å²) in [4.78, 5) is 12.4. The molecule has 0 aliphatic carbocycles. The van der Waals surface area contributed by atoms with Gasteiger partial charge in [0.25, 0.3) is 5.91 Å². The van der Waals surface area contributed by atoms with Crippen molar-refractivity contribution in [2.45, 2.75) is 13.5 Å². The zero-order valence-electron chi connectivity index (χ0n) is 14.4.